The van der Waals surface area contributed by atoms with E-state index in [2.05, 4.69) is 121 Å². The number of hydrogen-bond donors (Lipinski definition) is 0. The van der Waals surface area contributed by atoms with Crippen LogP contribution in [-0.2, 0) is 0 Å². The predicted octanol–water partition coefficient (Wildman–Crippen LogP) is 7.35. The number of rotatable bonds is 1. The molecule has 26 heavy (non-hydrogen) atoms. The van der Waals surface area contributed by atoms with E-state index in [9.17, 15) is 0 Å². The summed E-state index contributed by atoms with van der Waals surface area (Å²) in [6.07, 6.45) is 0. The zero-order valence-corrected chi connectivity index (χ0v) is 14.5. The van der Waals surface area contributed by atoms with Gasteiger partial charge in [0.05, 0.1) is 0 Å². The molecule has 0 saturated heterocycles. The monoisotopic (exact) mass is 332 g/mol. The molecule has 0 saturated carbocycles. The predicted molar refractivity (Wildman–Crippen MR) is 113 cm³/mol. The Morgan fingerprint density at radius 2 is 0.769 bits per heavy atom. The third-order valence-electron chi connectivity index (χ3n) is 4.53. The van der Waals surface area contributed by atoms with Crippen LogP contribution in [0.5, 0.6) is 0 Å². The molecular formula is C26H20. The van der Waals surface area contributed by atoms with Crippen LogP contribution in [-0.4, -0.2) is 0 Å². The van der Waals surface area contributed by atoms with E-state index in [1.54, 1.807) is 0 Å². The summed E-state index contributed by atoms with van der Waals surface area (Å²) in [6.45, 7) is 0. The third-order valence-corrected chi connectivity index (χ3v) is 4.53. The van der Waals surface area contributed by atoms with Crippen LogP contribution in [0.3, 0.4) is 0 Å². The van der Waals surface area contributed by atoms with Gasteiger partial charge in [-0.3, -0.25) is 0 Å². The Labute approximate surface area is 154 Å². The molecule has 0 aromatic heterocycles. The minimum Gasteiger partial charge on any atom is -0.0622 e. The van der Waals surface area contributed by atoms with E-state index in [1.165, 1.54) is 32.7 Å². The lowest BCUT2D eigenvalue weighted by molar-refractivity contribution is 1.65. The van der Waals surface area contributed by atoms with E-state index in [0.717, 1.165) is 0 Å². The average Bonchev–Trinajstić information content (AvgIpc) is 2.74. The maximum Gasteiger partial charge on any atom is -0.0105 e. The summed E-state index contributed by atoms with van der Waals surface area (Å²) >= 11 is 0. The summed E-state index contributed by atoms with van der Waals surface area (Å²) in [7, 11) is 0. The molecular weight excluding hydrogens is 312 g/mol. The fourth-order valence-corrected chi connectivity index (χ4v) is 3.23. The van der Waals surface area contributed by atoms with Gasteiger partial charge < -0.3 is 0 Å². The number of benzene rings is 5. The standard InChI is InChI=1S/C16H12.C10H8/c1-2-7-13(8-3-1)16-12-6-10-14-9-4-5-11-15(14)16;1-2-6-10-8-4-3-7-9(10)5-1/h1-12H;1-8H. The minimum absolute atomic E-state index is 1.28. The summed E-state index contributed by atoms with van der Waals surface area (Å²) in [6, 6.07) is 42.2. The minimum atomic E-state index is 1.28. The van der Waals surface area contributed by atoms with Gasteiger partial charge in [0, 0.05) is 0 Å². The van der Waals surface area contributed by atoms with E-state index in [1.807, 2.05) is 0 Å². The van der Waals surface area contributed by atoms with Crippen LogP contribution in [0.1, 0.15) is 0 Å². The first-order valence-electron chi connectivity index (χ1n) is 8.89. The van der Waals surface area contributed by atoms with Crippen molar-refractivity contribution in [3.63, 3.8) is 0 Å². The largest absolute Gasteiger partial charge is 0.0622 e. The van der Waals surface area contributed by atoms with E-state index in [-0.39, 0.29) is 0 Å². The molecule has 0 N–H and O–H groups in total. The van der Waals surface area contributed by atoms with Gasteiger partial charge in [-0.2, -0.15) is 0 Å². The van der Waals surface area contributed by atoms with Crippen molar-refractivity contribution in [1.82, 2.24) is 0 Å². The highest BCUT2D eigenvalue weighted by Crippen LogP contribution is 2.27. The Balaban J connectivity index is 0.000000144. The Morgan fingerprint density at radius 3 is 1.38 bits per heavy atom. The van der Waals surface area contributed by atoms with Gasteiger partial charge in [0.2, 0.25) is 0 Å². The maximum atomic E-state index is 2.18. The van der Waals surface area contributed by atoms with Gasteiger partial charge in [0.25, 0.3) is 0 Å². The van der Waals surface area contributed by atoms with Crippen LogP contribution < -0.4 is 0 Å². The Kier molecular flexibility index (Phi) is 4.75. The van der Waals surface area contributed by atoms with Gasteiger partial charge in [0.15, 0.2) is 0 Å². The van der Waals surface area contributed by atoms with Gasteiger partial charge in [0.1, 0.15) is 0 Å². The van der Waals surface area contributed by atoms with E-state index >= 15 is 0 Å². The number of fused-ring (bicyclic) bond motifs is 2. The van der Waals surface area contributed by atoms with Crippen molar-refractivity contribution in [3.8, 4) is 11.1 Å². The molecule has 0 aliphatic carbocycles. The fourth-order valence-electron chi connectivity index (χ4n) is 3.23. The fraction of sp³-hybridized carbons (Fsp3) is 0. The van der Waals surface area contributed by atoms with Crippen molar-refractivity contribution in [3.05, 3.63) is 121 Å². The lowest BCUT2D eigenvalue weighted by Gasteiger charge is -2.06. The van der Waals surface area contributed by atoms with Gasteiger partial charge in [-0.05, 0) is 32.7 Å². The van der Waals surface area contributed by atoms with Crippen LogP contribution in [0.15, 0.2) is 121 Å². The van der Waals surface area contributed by atoms with Crippen molar-refractivity contribution < 1.29 is 0 Å². The molecule has 5 rings (SSSR count). The molecule has 0 aliphatic rings. The Morgan fingerprint density at radius 1 is 0.308 bits per heavy atom. The number of hydrogen-bond acceptors (Lipinski definition) is 0. The molecule has 0 radical (unpaired) electrons. The Hall–Kier alpha value is -3.38. The zero-order chi connectivity index (χ0) is 17.6. The normalized spacial score (nSPS) is 10.3. The van der Waals surface area contributed by atoms with Crippen LogP contribution in [0.4, 0.5) is 0 Å². The summed E-state index contributed by atoms with van der Waals surface area (Å²) in [5.41, 5.74) is 2.58. The van der Waals surface area contributed by atoms with Crippen molar-refractivity contribution in [2.24, 2.45) is 0 Å². The molecule has 0 spiro atoms. The van der Waals surface area contributed by atoms with E-state index in [0.29, 0.717) is 0 Å². The lowest BCUT2D eigenvalue weighted by Crippen LogP contribution is -1.79. The van der Waals surface area contributed by atoms with E-state index < -0.39 is 0 Å². The van der Waals surface area contributed by atoms with Crippen LogP contribution in [0.25, 0.3) is 32.7 Å². The highest BCUT2D eigenvalue weighted by molar-refractivity contribution is 5.96. The van der Waals surface area contributed by atoms with Crippen molar-refractivity contribution >= 4 is 21.5 Å². The van der Waals surface area contributed by atoms with Crippen molar-refractivity contribution in [2.75, 3.05) is 0 Å². The molecule has 0 bridgehead atoms. The van der Waals surface area contributed by atoms with Gasteiger partial charge in [-0.15, -0.1) is 0 Å². The summed E-state index contributed by atoms with van der Waals surface area (Å²) < 4.78 is 0. The second kappa shape index (κ2) is 7.67. The molecule has 5 aromatic rings. The zero-order valence-electron chi connectivity index (χ0n) is 14.5. The van der Waals surface area contributed by atoms with Gasteiger partial charge in [-0.25, -0.2) is 0 Å². The molecule has 124 valence electrons. The van der Waals surface area contributed by atoms with Crippen molar-refractivity contribution in [2.45, 2.75) is 0 Å². The first-order valence-corrected chi connectivity index (χ1v) is 8.89. The van der Waals surface area contributed by atoms with Crippen LogP contribution >= 0.6 is 0 Å². The SMILES string of the molecule is c1ccc(-c2cccc3ccccc23)cc1.c1ccc2ccccc2c1. The molecule has 0 fully saturated rings. The molecule has 0 aliphatic heterocycles. The highest BCUT2D eigenvalue weighted by atomic mass is 14.0. The molecule has 0 amide bonds. The van der Waals surface area contributed by atoms with Crippen LogP contribution in [0, 0.1) is 0 Å². The lowest BCUT2D eigenvalue weighted by atomic mass is 9.98. The summed E-state index contributed by atoms with van der Waals surface area (Å²) in [5, 5.41) is 5.23. The summed E-state index contributed by atoms with van der Waals surface area (Å²) in [5.74, 6) is 0. The van der Waals surface area contributed by atoms with Crippen LogP contribution in [0.2, 0.25) is 0 Å². The van der Waals surface area contributed by atoms with Gasteiger partial charge in [-0.1, -0.05) is 121 Å². The van der Waals surface area contributed by atoms with Crippen molar-refractivity contribution in [1.29, 1.82) is 0 Å². The first kappa shape index (κ1) is 16.1. The van der Waals surface area contributed by atoms with E-state index in [4.69, 9.17) is 0 Å². The molecule has 0 heteroatoms. The molecule has 0 nitrogen and oxygen atoms in total. The highest BCUT2D eigenvalue weighted by Gasteiger charge is 2.01. The maximum absolute atomic E-state index is 2.18. The smallest absolute Gasteiger partial charge is 0.0105 e. The van der Waals surface area contributed by atoms with Gasteiger partial charge >= 0.3 is 0 Å². The quantitative estimate of drug-likeness (QED) is 0.301. The Bertz CT molecular complexity index is 1050. The average molecular weight is 332 g/mol. The summed E-state index contributed by atoms with van der Waals surface area (Å²) in [4.78, 5) is 0. The first-order chi connectivity index (χ1) is 12.9. The second-order valence-electron chi connectivity index (χ2n) is 6.24. The second-order valence-corrected chi connectivity index (χ2v) is 6.24. The molecule has 5 aromatic carbocycles. The molecule has 0 atom stereocenters. The topological polar surface area (TPSA) is 0 Å². The molecule has 0 unspecified atom stereocenters. The molecule has 0 heterocycles. The third kappa shape index (κ3) is 3.50.